The molecule has 0 atom stereocenters. The molecule has 0 bridgehead atoms. The Morgan fingerprint density at radius 3 is 2.69 bits per heavy atom. The van der Waals surface area contributed by atoms with Crippen molar-refractivity contribution < 1.29 is 9.90 Å². The second-order valence-corrected chi connectivity index (χ2v) is 5.38. The highest BCUT2D eigenvalue weighted by Crippen LogP contribution is 2.41. The van der Waals surface area contributed by atoms with E-state index in [9.17, 15) is 9.90 Å². The number of carbonyl (C=O) groups is 1. The van der Waals surface area contributed by atoms with Crippen LogP contribution in [0.5, 0.6) is 0 Å². The van der Waals surface area contributed by atoms with E-state index in [4.69, 9.17) is 0 Å². The van der Waals surface area contributed by atoms with Crippen molar-refractivity contribution in [2.75, 3.05) is 7.05 Å². The summed E-state index contributed by atoms with van der Waals surface area (Å²) in [7, 11) is 1.95. The van der Waals surface area contributed by atoms with Crippen molar-refractivity contribution >= 4 is 17.3 Å². The standard InChI is InChI=1S/C12H17NO2S/c1-13-9-4-6-12(7-5-9,11(14)15)10-3-2-8-16-10/h2-3,8-9,13H,4-7H2,1H3,(H,14,15). The summed E-state index contributed by atoms with van der Waals surface area (Å²) in [4.78, 5) is 12.6. The van der Waals surface area contributed by atoms with Gasteiger partial charge in [0.25, 0.3) is 0 Å². The summed E-state index contributed by atoms with van der Waals surface area (Å²) in [5, 5.41) is 14.7. The third-order valence-corrected chi connectivity index (χ3v) is 4.72. The van der Waals surface area contributed by atoms with Crippen LogP contribution in [0.2, 0.25) is 0 Å². The zero-order valence-electron chi connectivity index (χ0n) is 9.40. The third kappa shape index (κ3) is 1.87. The first-order valence-corrected chi connectivity index (χ1v) is 6.51. The molecule has 0 spiro atoms. The van der Waals surface area contributed by atoms with Crippen molar-refractivity contribution in [1.82, 2.24) is 5.32 Å². The maximum atomic E-state index is 11.6. The fourth-order valence-corrected chi connectivity index (χ4v) is 3.49. The van der Waals surface area contributed by atoms with E-state index >= 15 is 0 Å². The molecule has 2 rings (SSSR count). The summed E-state index contributed by atoms with van der Waals surface area (Å²) in [6.45, 7) is 0. The van der Waals surface area contributed by atoms with Crippen molar-refractivity contribution in [3.8, 4) is 0 Å². The molecule has 0 saturated heterocycles. The van der Waals surface area contributed by atoms with E-state index in [-0.39, 0.29) is 0 Å². The Labute approximate surface area is 99.5 Å². The lowest BCUT2D eigenvalue weighted by atomic mass is 9.71. The van der Waals surface area contributed by atoms with E-state index in [1.54, 1.807) is 11.3 Å². The molecule has 1 aliphatic carbocycles. The smallest absolute Gasteiger partial charge is 0.314 e. The van der Waals surface area contributed by atoms with Crippen molar-refractivity contribution in [3.05, 3.63) is 22.4 Å². The normalized spacial score (nSPS) is 30.2. The molecule has 1 saturated carbocycles. The molecular formula is C12H17NO2S. The van der Waals surface area contributed by atoms with Crippen LogP contribution in [0.3, 0.4) is 0 Å². The number of carboxylic acids is 1. The molecule has 1 fully saturated rings. The van der Waals surface area contributed by atoms with Crippen LogP contribution in [0.4, 0.5) is 0 Å². The summed E-state index contributed by atoms with van der Waals surface area (Å²) >= 11 is 1.56. The molecule has 2 N–H and O–H groups in total. The van der Waals surface area contributed by atoms with Crippen molar-refractivity contribution in [3.63, 3.8) is 0 Å². The number of thiophene rings is 1. The molecule has 4 heteroatoms. The quantitative estimate of drug-likeness (QED) is 0.850. The molecule has 3 nitrogen and oxygen atoms in total. The SMILES string of the molecule is CNC1CCC(C(=O)O)(c2cccs2)CC1. The van der Waals surface area contributed by atoms with Gasteiger partial charge in [-0.3, -0.25) is 4.79 Å². The third-order valence-electron chi connectivity index (χ3n) is 3.65. The van der Waals surface area contributed by atoms with Gasteiger partial charge in [-0.1, -0.05) is 6.07 Å². The molecule has 1 heterocycles. The van der Waals surface area contributed by atoms with Gasteiger partial charge in [0.05, 0.1) is 0 Å². The highest BCUT2D eigenvalue weighted by atomic mass is 32.1. The van der Waals surface area contributed by atoms with Crippen LogP contribution >= 0.6 is 11.3 Å². The van der Waals surface area contributed by atoms with Gasteiger partial charge >= 0.3 is 5.97 Å². The predicted molar refractivity (Wildman–Crippen MR) is 64.9 cm³/mol. The summed E-state index contributed by atoms with van der Waals surface area (Å²) in [6.07, 6.45) is 3.38. The fraction of sp³-hybridized carbons (Fsp3) is 0.583. The van der Waals surface area contributed by atoms with Gasteiger partial charge < -0.3 is 10.4 Å². The number of carboxylic acid groups (broad SMARTS) is 1. The highest BCUT2D eigenvalue weighted by molar-refractivity contribution is 7.10. The van der Waals surface area contributed by atoms with E-state index < -0.39 is 11.4 Å². The van der Waals surface area contributed by atoms with E-state index in [1.165, 1.54) is 0 Å². The monoisotopic (exact) mass is 239 g/mol. The van der Waals surface area contributed by atoms with E-state index in [0.717, 1.165) is 30.6 Å². The Bertz CT molecular complexity index is 353. The van der Waals surface area contributed by atoms with Crippen LogP contribution in [0, 0.1) is 0 Å². The number of hydrogen-bond acceptors (Lipinski definition) is 3. The van der Waals surface area contributed by atoms with Gasteiger partial charge in [-0.15, -0.1) is 11.3 Å². The Kier molecular flexibility index (Phi) is 3.30. The summed E-state index contributed by atoms with van der Waals surface area (Å²) in [6, 6.07) is 4.38. The van der Waals surface area contributed by atoms with Gasteiger partial charge in [-0.2, -0.15) is 0 Å². The number of hydrogen-bond donors (Lipinski definition) is 2. The van der Waals surface area contributed by atoms with E-state index in [1.807, 2.05) is 24.6 Å². The molecule has 1 aromatic rings. The number of aliphatic carboxylic acids is 1. The van der Waals surface area contributed by atoms with E-state index in [2.05, 4.69) is 5.32 Å². The zero-order chi connectivity index (χ0) is 11.6. The minimum absolute atomic E-state index is 0.479. The first-order valence-electron chi connectivity index (χ1n) is 5.64. The molecule has 0 aliphatic heterocycles. The lowest BCUT2D eigenvalue weighted by Crippen LogP contribution is -2.43. The van der Waals surface area contributed by atoms with Gasteiger partial charge in [-0.25, -0.2) is 0 Å². The molecule has 0 radical (unpaired) electrons. The minimum Gasteiger partial charge on any atom is -0.481 e. The van der Waals surface area contributed by atoms with Gasteiger partial charge in [0, 0.05) is 10.9 Å². The Balaban J connectivity index is 2.23. The molecule has 1 aliphatic rings. The second kappa shape index (κ2) is 4.55. The molecular weight excluding hydrogens is 222 g/mol. The van der Waals surface area contributed by atoms with Crippen molar-refractivity contribution in [1.29, 1.82) is 0 Å². The van der Waals surface area contributed by atoms with Gasteiger partial charge in [-0.05, 0) is 44.2 Å². The van der Waals surface area contributed by atoms with Gasteiger partial charge in [0.2, 0.25) is 0 Å². The minimum atomic E-state index is -0.662. The molecule has 0 amide bonds. The molecule has 0 unspecified atom stereocenters. The molecule has 1 aromatic heterocycles. The Hall–Kier alpha value is -0.870. The maximum absolute atomic E-state index is 11.6. The summed E-state index contributed by atoms with van der Waals surface area (Å²) in [5.74, 6) is -0.662. The lowest BCUT2D eigenvalue weighted by Gasteiger charge is -2.36. The van der Waals surface area contributed by atoms with Gasteiger partial charge in [0.1, 0.15) is 5.41 Å². The maximum Gasteiger partial charge on any atom is 0.314 e. The van der Waals surface area contributed by atoms with Crippen molar-refractivity contribution in [2.45, 2.75) is 37.1 Å². The number of nitrogens with one attached hydrogen (secondary N) is 1. The summed E-state index contributed by atoms with van der Waals surface area (Å²) < 4.78 is 0. The van der Waals surface area contributed by atoms with Crippen LogP contribution < -0.4 is 5.32 Å². The number of rotatable bonds is 3. The molecule has 0 aromatic carbocycles. The molecule has 16 heavy (non-hydrogen) atoms. The van der Waals surface area contributed by atoms with Crippen LogP contribution in [-0.2, 0) is 10.2 Å². The largest absolute Gasteiger partial charge is 0.481 e. The Morgan fingerprint density at radius 1 is 1.56 bits per heavy atom. The second-order valence-electron chi connectivity index (χ2n) is 4.43. The zero-order valence-corrected chi connectivity index (χ0v) is 10.2. The van der Waals surface area contributed by atoms with Crippen LogP contribution in [-0.4, -0.2) is 24.2 Å². The van der Waals surface area contributed by atoms with Crippen molar-refractivity contribution in [2.24, 2.45) is 0 Å². The van der Waals surface area contributed by atoms with Gasteiger partial charge in [0.15, 0.2) is 0 Å². The lowest BCUT2D eigenvalue weighted by molar-refractivity contribution is -0.145. The highest BCUT2D eigenvalue weighted by Gasteiger charge is 2.43. The average molecular weight is 239 g/mol. The fourth-order valence-electron chi connectivity index (χ4n) is 2.52. The average Bonchev–Trinajstić information content (AvgIpc) is 2.82. The van der Waals surface area contributed by atoms with E-state index in [0.29, 0.717) is 6.04 Å². The first kappa shape index (κ1) is 11.6. The predicted octanol–water partition coefficient (Wildman–Crippen LogP) is 2.23. The van der Waals surface area contributed by atoms with Crippen LogP contribution in [0.1, 0.15) is 30.6 Å². The molecule has 88 valence electrons. The topological polar surface area (TPSA) is 49.3 Å². The Morgan fingerprint density at radius 2 is 2.25 bits per heavy atom. The van der Waals surface area contributed by atoms with Crippen LogP contribution in [0.15, 0.2) is 17.5 Å². The first-order chi connectivity index (χ1) is 7.69. The van der Waals surface area contributed by atoms with Crippen LogP contribution in [0.25, 0.3) is 0 Å². The summed E-state index contributed by atoms with van der Waals surface area (Å²) in [5.41, 5.74) is -0.623.